The summed E-state index contributed by atoms with van der Waals surface area (Å²) in [6.07, 6.45) is 1.67. The van der Waals surface area contributed by atoms with Gasteiger partial charge in [-0.3, -0.25) is 4.79 Å². The topological polar surface area (TPSA) is 101 Å². The van der Waals surface area contributed by atoms with Crippen molar-refractivity contribution in [2.45, 2.75) is 19.9 Å². The number of aromatic nitrogens is 5. The molecule has 0 saturated carbocycles. The van der Waals surface area contributed by atoms with Crippen LogP contribution in [0.4, 0.5) is 11.8 Å². The quantitative estimate of drug-likeness (QED) is 0.465. The van der Waals surface area contributed by atoms with E-state index in [1.807, 2.05) is 30.0 Å². The largest absolute Gasteiger partial charge is 0.467 e. The van der Waals surface area contributed by atoms with E-state index in [0.29, 0.717) is 42.8 Å². The highest BCUT2D eigenvalue weighted by Gasteiger charge is 2.25. The molecule has 5 rings (SSSR count). The van der Waals surface area contributed by atoms with E-state index >= 15 is 0 Å². The molecule has 1 aliphatic heterocycles. The fourth-order valence-electron chi connectivity index (χ4n) is 4.24. The van der Waals surface area contributed by atoms with Crippen LogP contribution in [0.25, 0.3) is 16.6 Å². The Bertz CT molecular complexity index is 1370. The van der Waals surface area contributed by atoms with Crippen LogP contribution < -0.4 is 15.0 Å². The van der Waals surface area contributed by atoms with Crippen LogP contribution >= 0.6 is 11.6 Å². The van der Waals surface area contributed by atoms with E-state index in [4.69, 9.17) is 21.3 Å². The first-order valence-electron chi connectivity index (χ1n) is 11.1. The second-order valence-electron chi connectivity index (χ2n) is 8.21. The molecular weight excluding hydrogens is 456 g/mol. The molecule has 1 aromatic carbocycles. The van der Waals surface area contributed by atoms with Gasteiger partial charge < -0.3 is 19.9 Å². The van der Waals surface area contributed by atoms with Crippen molar-refractivity contribution in [2.24, 2.45) is 0 Å². The number of halogens is 1. The number of fused-ring (bicyclic) bond motifs is 2. The van der Waals surface area contributed by atoms with Crippen molar-refractivity contribution in [3.63, 3.8) is 0 Å². The number of methoxy groups -OCH3 is 1. The first-order chi connectivity index (χ1) is 16.4. The summed E-state index contributed by atoms with van der Waals surface area (Å²) in [6.45, 7) is 6.32. The molecule has 10 nitrogen and oxygen atoms in total. The molecule has 1 aliphatic rings. The second kappa shape index (κ2) is 8.94. The van der Waals surface area contributed by atoms with E-state index in [1.54, 1.807) is 23.7 Å². The Labute approximate surface area is 201 Å². The lowest BCUT2D eigenvalue weighted by molar-refractivity contribution is -0.129. The summed E-state index contributed by atoms with van der Waals surface area (Å²) in [7, 11) is 1.53. The molecule has 0 bridgehead atoms. The summed E-state index contributed by atoms with van der Waals surface area (Å²) < 4.78 is 6.90. The van der Waals surface area contributed by atoms with Crippen LogP contribution in [0.2, 0.25) is 5.02 Å². The SMILES string of the molecule is COc1nc(NC(C)c2cc3cccc(Cl)c3nc2N2CCN(C(C)=O)CC2)n2nccc2n1. The molecule has 1 N–H and O–H groups in total. The summed E-state index contributed by atoms with van der Waals surface area (Å²) in [5.41, 5.74) is 2.37. The van der Waals surface area contributed by atoms with E-state index in [-0.39, 0.29) is 18.0 Å². The molecule has 4 heterocycles. The van der Waals surface area contributed by atoms with Crippen molar-refractivity contribution < 1.29 is 9.53 Å². The molecule has 34 heavy (non-hydrogen) atoms. The molecule has 1 unspecified atom stereocenters. The number of rotatable bonds is 5. The normalized spacial score (nSPS) is 15.1. The fourth-order valence-corrected chi connectivity index (χ4v) is 4.46. The van der Waals surface area contributed by atoms with Crippen LogP contribution in [0.15, 0.2) is 36.5 Å². The predicted octanol–water partition coefficient (Wildman–Crippen LogP) is 3.18. The number of carbonyl (C=O) groups is 1. The minimum atomic E-state index is -0.177. The maximum absolute atomic E-state index is 11.8. The standard InChI is InChI=1S/C23H25ClN8O2/c1-14(26-22-29-23(34-3)27-19-7-8-25-32(19)22)17-13-16-5-4-6-18(24)20(16)28-21(17)31-11-9-30(10-12-31)15(2)33/h4-8,13-14H,9-12H2,1-3H3,(H,26,27,29). The Balaban J connectivity index is 1.55. The second-order valence-corrected chi connectivity index (χ2v) is 8.61. The van der Waals surface area contributed by atoms with Gasteiger partial charge in [-0.2, -0.15) is 19.6 Å². The van der Waals surface area contributed by atoms with Crippen LogP contribution in [0.1, 0.15) is 25.5 Å². The average Bonchev–Trinajstić information content (AvgIpc) is 3.32. The highest BCUT2D eigenvalue weighted by Crippen LogP contribution is 2.33. The number of pyridine rings is 1. The van der Waals surface area contributed by atoms with Gasteiger partial charge in [0.25, 0.3) is 0 Å². The number of carbonyl (C=O) groups excluding carboxylic acids is 1. The molecule has 4 aromatic rings. The van der Waals surface area contributed by atoms with Crippen molar-refractivity contribution in [1.29, 1.82) is 0 Å². The van der Waals surface area contributed by atoms with Crippen molar-refractivity contribution in [3.05, 3.63) is 47.1 Å². The molecule has 11 heteroatoms. The van der Waals surface area contributed by atoms with Crippen LogP contribution in [0.3, 0.4) is 0 Å². The van der Waals surface area contributed by atoms with E-state index in [1.165, 1.54) is 7.11 Å². The lowest BCUT2D eigenvalue weighted by Gasteiger charge is -2.36. The van der Waals surface area contributed by atoms with Gasteiger partial charge >= 0.3 is 6.01 Å². The minimum Gasteiger partial charge on any atom is -0.467 e. The van der Waals surface area contributed by atoms with Gasteiger partial charge in [-0.05, 0) is 19.1 Å². The van der Waals surface area contributed by atoms with Crippen LogP contribution in [0.5, 0.6) is 6.01 Å². The maximum atomic E-state index is 11.8. The first-order valence-corrected chi connectivity index (χ1v) is 11.4. The van der Waals surface area contributed by atoms with Gasteiger partial charge in [0, 0.05) is 50.1 Å². The van der Waals surface area contributed by atoms with E-state index in [2.05, 4.69) is 31.3 Å². The van der Waals surface area contributed by atoms with Gasteiger partial charge in [-0.15, -0.1) is 0 Å². The van der Waals surface area contributed by atoms with Crippen molar-refractivity contribution in [2.75, 3.05) is 43.5 Å². The molecule has 0 radical (unpaired) electrons. The zero-order valence-electron chi connectivity index (χ0n) is 19.2. The van der Waals surface area contributed by atoms with E-state index in [9.17, 15) is 4.79 Å². The van der Waals surface area contributed by atoms with E-state index in [0.717, 1.165) is 22.3 Å². The Kier molecular flexibility index (Phi) is 5.82. The number of para-hydroxylation sites is 1. The Morgan fingerprint density at radius 1 is 1.15 bits per heavy atom. The number of hydrogen-bond acceptors (Lipinski definition) is 8. The number of nitrogens with one attached hydrogen (secondary N) is 1. The molecule has 176 valence electrons. The third-order valence-electron chi connectivity index (χ3n) is 6.06. The summed E-state index contributed by atoms with van der Waals surface area (Å²) in [5, 5.41) is 9.34. The number of piperazine rings is 1. The predicted molar refractivity (Wildman–Crippen MR) is 131 cm³/mol. The summed E-state index contributed by atoms with van der Waals surface area (Å²) in [6, 6.07) is 9.74. The van der Waals surface area contributed by atoms with Gasteiger partial charge in [-0.25, -0.2) is 4.98 Å². The van der Waals surface area contributed by atoms with Crippen LogP contribution in [-0.4, -0.2) is 68.7 Å². The fraction of sp³-hybridized carbons (Fsp3) is 0.348. The number of benzene rings is 1. The van der Waals surface area contributed by atoms with Gasteiger partial charge in [0.15, 0.2) is 5.65 Å². The van der Waals surface area contributed by atoms with Crippen LogP contribution in [-0.2, 0) is 4.79 Å². The van der Waals surface area contributed by atoms with Gasteiger partial charge in [-0.1, -0.05) is 23.7 Å². The average molecular weight is 481 g/mol. The Morgan fingerprint density at radius 3 is 2.68 bits per heavy atom. The summed E-state index contributed by atoms with van der Waals surface area (Å²) in [5.74, 6) is 1.43. The van der Waals surface area contributed by atoms with Gasteiger partial charge in [0.05, 0.1) is 29.9 Å². The molecule has 1 amide bonds. The zero-order valence-corrected chi connectivity index (χ0v) is 20.0. The summed E-state index contributed by atoms with van der Waals surface area (Å²) in [4.78, 5) is 29.6. The first kappa shape index (κ1) is 22.1. The number of hydrogen-bond donors (Lipinski definition) is 1. The molecule has 3 aromatic heterocycles. The van der Waals surface area contributed by atoms with Crippen LogP contribution in [0, 0.1) is 0 Å². The molecule has 1 atom stereocenters. The monoisotopic (exact) mass is 480 g/mol. The minimum absolute atomic E-state index is 0.0883. The number of nitrogens with zero attached hydrogens (tertiary/aromatic N) is 7. The number of anilines is 2. The number of amides is 1. The Hall–Kier alpha value is -3.66. The highest BCUT2D eigenvalue weighted by molar-refractivity contribution is 6.35. The zero-order chi connectivity index (χ0) is 23.8. The van der Waals surface area contributed by atoms with Gasteiger partial charge in [0.2, 0.25) is 11.9 Å². The smallest absolute Gasteiger partial charge is 0.321 e. The number of ether oxygens (including phenoxy) is 1. The van der Waals surface area contributed by atoms with Crippen molar-refractivity contribution >= 4 is 45.8 Å². The van der Waals surface area contributed by atoms with Gasteiger partial charge in [0.1, 0.15) is 5.82 Å². The van der Waals surface area contributed by atoms with Crippen molar-refractivity contribution in [1.82, 2.24) is 29.5 Å². The molecule has 0 aliphatic carbocycles. The lowest BCUT2D eigenvalue weighted by Crippen LogP contribution is -2.48. The lowest BCUT2D eigenvalue weighted by atomic mass is 10.0. The van der Waals surface area contributed by atoms with E-state index < -0.39 is 0 Å². The Morgan fingerprint density at radius 2 is 1.94 bits per heavy atom. The molecular formula is C23H25ClN8O2. The molecule has 1 saturated heterocycles. The third-order valence-corrected chi connectivity index (χ3v) is 6.36. The van der Waals surface area contributed by atoms with Crippen molar-refractivity contribution in [3.8, 4) is 6.01 Å². The molecule has 0 spiro atoms. The highest BCUT2D eigenvalue weighted by atomic mass is 35.5. The summed E-state index contributed by atoms with van der Waals surface area (Å²) >= 11 is 6.49. The maximum Gasteiger partial charge on any atom is 0.321 e. The third kappa shape index (κ3) is 4.05. The molecule has 1 fully saturated rings.